The Morgan fingerprint density at radius 3 is 2.45 bits per heavy atom. The van der Waals surface area contributed by atoms with Gasteiger partial charge >= 0.3 is 11.9 Å². The summed E-state index contributed by atoms with van der Waals surface area (Å²) < 4.78 is 80.6. The second-order valence-electron chi connectivity index (χ2n) is 10.8. The Balaban J connectivity index is 1.60. The number of thioether (sulfide) groups is 1. The van der Waals surface area contributed by atoms with E-state index in [0.717, 1.165) is 23.9 Å². The molecular weight excluding hydrogens is 629 g/mol. The number of carbonyl (C=O) groups is 1. The van der Waals surface area contributed by atoms with Gasteiger partial charge < -0.3 is 14.5 Å². The molecular formula is C29H27ClF5N5O3S. The third-order valence-corrected chi connectivity index (χ3v) is 9.68. The van der Waals surface area contributed by atoms with Gasteiger partial charge in [-0.25, -0.2) is 13.6 Å². The molecule has 8 nitrogen and oxygen atoms in total. The zero-order chi connectivity index (χ0) is 31.3. The summed E-state index contributed by atoms with van der Waals surface area (Å²) in [6, 6.07) is 1.75. The summed E-state index contributed by atoms with van der Waals surface area (Å²) in [6.07, 6.45) is -3.77. The van der Waals surface area contributed by atoms with Crippen molar-refractivity contribution in [3.8, 4) is 11.1 Å². The lowest BCUT2D eigenvalue weighted by atomic mass is 9.95. The summed E-state index contributed by atoms with van der Waals surface area (Å²) in [6.45, 7) is 7.15. The molecule has 44 heavy (non-hydrogen) atoms. The van der Waals surface area contributed by atoms with Crippen LogP contribution in [-0.2, 0) is 15.7 Å². The minimum Gasteiger partial charge on any atom is -0.379 e. The Labute approximate surface area is 258 Å². The molecule has 0 N–H and O–H groups in total. The summed E-state index contributed by atoms with van der Waals surface area (Å²) in [5.41, 5.74) is -2.64. The first-order valence-corrected chi connectivity index (χ1v) is 15.3. The smallest absolute Gasteiger partial charge is 0.379 e. The molecule has 3 aromatic rings. The molecule has 1 amide bonds. The van der Waals surface area contributed by atoms with Crippen molar-refractivity contribution in [1.82, 2.24) is 19.4 Å². The molecule has 0 radical (unpaired) electrons. The van der Waals surface area contributed by atoms with Gasteiger partial charge in [-0.15, -0.1) is 11.8 Å². The molecule has 1 unspecified atom stereocenters. The predicted molar refractivity (Wildman–Crippen MR) is 157 cm³/mol. The minimum absolute atomic E-state index is 0.0378. The number of aromatic nitrogens is 2. The average molecular weight is 656 g/mol. The van der Waals surface area contributed by atoms with Gasteiger partial charge in [-0.2, -0.15) is 18.2 Å². The van der Waals surface area contributed by atoms with Crippen LogP contribution in [-0.4, -0.2) is 90.0 Å². The van der Waals surface area contributed by atoms with E-state index in [9.17, 15) is 27.2 Å². The molecule has 15 heteroatoms. The summed E-state index contributed by atoms with van der Waals surface area (Å²) in [5.74, 6) is -2.33. The van der Waals surface area contributed by atoms with E-state index in [-0.39, 0.29) is 59.5 Å². The Kier molecular flexibility index (Phi) is 8.37. The zero-order valence-corrected chi connectivity index (χ0v) is 24.9. The maximum atomic E-state index is 15.3. The molecule has 0 saturated carbocycles. The number of carbonyl (C=O) groups excluding carboxylic acids is 1. The van der Waals surface area contributed by atoms with Crippen molar-refractivity contribution in [1.29, 1.82) is 0 Å². The number of benzene rings is 2. The van der Waals surface area contributed by atoms with Crippen LogP contribution in [0.4, 0.5) is 27.8 Å². The minimum atomic E-state index is -4.95. The molecule has 2 fully saturated rings. The zero-order valence-electron chi connectivity index (χ0n) is 23.3. The first-order chi connectivity index (χ1) is 21.0. The van der Waals surface area contributed by atoms with E-state index >= 15 is 4.39 Å². The van der Waals surface area contributed by atoms with Crippen molar-refractivity contribution in [2.24, 2.45) is 0 Å². The van der Waals surface area contributed by atoms with Crippen LogP contribution in [0, 0.1) is 11.6 Å². The number of nitrogens with zero attached hydrogens (tertiary/aromatic N) is 5. The highest BCUT2D eigenvalue weighted by molar-refractivity contribution is 7.99. The van der Waals surface area contributed by atoms with Crippen molar-refractivity contribution >= 4 is 46.0 Å². The Hall–Kier alpha value is -3.20. The Morgan fingerprint density at radius 2 is 1.80 bits per heavy atom. The van der Waals surface area contributed by atoms with E-state index in [1.165, 1.54) is 10.6 Å². The van der Waals surface area contributed by atoms with Crippen molar-refractivity contribution in [3.63, 3.8) is 0 Å². The monoisotopic (exact) mass is 655 g/mol. The number of rotatable bonds is 5. The number of ether oxygens (including phenoxy) is 1. The summed E-state index contributed by atoms with van der Waals surface area (Å²) in [7, 11) is 0. The summed E-state index contributed by atoms with van der Waals surface area (Å²) >= 11 is 7.03. The van der Waals surface area contributed by atoms with Crippen LogP contribution < -0.4 is 10.6 Å². The topological polar surface area (TPSA) is 70.9 Å². The molecule has 234 valence electrons. The van der Waals surface area contributed by atoms with Crippen LogP contribution >= 0.6 is 23.4 Å². The van der Waals surface area contributed by atoms with Gasteiger partial charge in [-0.3, -0.25) is 14.3 Å². The molecule has 2 saturated heterocycles. The number of anilines is 1. The number of hydrogen-bond donors (Lipinski definition) is 0. The van der Waals surface area contributed by atoms with E-state index in [2.05, 4.69) is 16.5 Å². The predicted octanol–water partition coefficient (Wildman–Crippen LogP) is 4.83. The highest BCUT2D eigenvalue weighted by Crippen LogP contribution is 2.50. The van der Waals surface area contributed by atoms with Crippen LogP contribution in [0.25, 0.3) is 22.0 Å². The van der Waals surface area contributed by atoms with Crippen LogP contribution in [0.15, 0.2) is 40.5 Å². The SMILES string of the molecule is C=CC(=O)N1CCN(c2nc(=O)n3c4c(c(-c5cc(Cl)c(F)cc5F)c(C(F)(F)F)cc24)SCC3CN2CCOCC2)CC1. The number of morpholine rings is 1. The lowest BCUT2D eigenvalue weighted by Gasteiger charge is -2.38. The highest BCUT2D eigenvalue weighted by atomic mass is 35.5. The van der Waals surface area contributed by atoms with Crippen LogP contribution in [0.5, 0.6) is 0 Å². The molecule has 6 rings (SSSR count). The molecule has 3 aliphatic rings. The number of amides is 1. The van der Waals surface area contributed by atoms with E-state index in [1.807, 2.05) is 0 Å². The van der Waals surface area contributed by atoms with Crippen molar-refractivity contribution in [2.45, 2.75) is 17.1 Å². The number of piperazine rings is 1. The summed E-state index contributed by atoms with van der Waals surface area (Å²) in [5, 5.41) is -0.459. The van der Waals surface area contributed by atoms with Crippen LogP contribution in [0.1, 0.15) is 11.6 Å². The second kappa shape index (κ2) is 12.0. The van der Waals surface area contributed by atoms with Crippen molar-refractivity contribution in [2.75, 3.05) is 69.7 Å². The molecule has 0 aliphatic carbocycles. The number of hydrogen-bond acceptors (Lipinski definition) is 7. The molecule has 1 atom stereocenters. The second-order valence-corrected chi connectivity index (χ2v) is 12.2. The first-order valence-electron chi connectivity index (χ1n) is 13.9. The fourth-order valence-corrected chi connectivity index (χ4v) is 7.51. The number of alkyl halides is 3. The normalized spacial score (nSPS) is 19.5. The van der Waals surface area contributed by atoms with Gasteiger partial charge in [0.15, 0.2) is 0 Å². The molecule has 4 heterocycles. The van der Waals surface area contributed by atoms with E-state index in [0.29, 0.717) is 38.9 Å². The molecule has 0 bridgehead atoms. The quantitative estimate of drug-likeness (QED) is 0.222. The third kappa shape index (κ3) is 5.57. The standard InChI is InChI=1S/C29H27ClF5N5O3S/c1-2-23(41)38-3-5-39(6-4-38)27-18-11-19(29(33,34)35)24(17-12-20(30)22(32)13-21(17)31)26-25(18)40(28(42)36-27)16(15-44-26)14-37-7-9-43-10-8-37/h2,11-13,16H,1,3-10,14-15H2. The molecule has 0 spiro atoms. The maximum absolute atomic E-state index is 15.3. The fraction of sp³-hybridized carbons (Fsp3) is 0.414. The summed E-state index contributed by atoms with van der Waals surface area (Å²) in [4.78, 5) is 35.6. The number of halogens is 6. The van der Waals surface area contributed by atoms with Crippen molar-refractivity contribution < 1.29 is 31.5 Å². The van der Waals surface area contributed by atoms with Gasteiger partial charge in [0.05, 0.1) is 35.4 Å². The molecule has 2 aromatic carbocycles. The Bertz CT molecular complexity index is 1700. The highest BCUT2D eigenvalue weighted by Gasteiger charge is 2.40. The average Bonchev–Trinajstić information content (AvgIpc) is 3.00. The first kappa shape index (κ1) is 30.8. The van der Waals surface area contributed by atoms with Gasteiger partial charge in [-0.05, 0) is 18.2 Å². The van der Waals surface area contributed by atoms with Crippen molar-refractivity contribution in [3.05, 3.63) is 63.6 Å². The van der Waals surface area contributed by atoms with Crippen LogP contribution in [0.3, 0.4) is 0 Å². The largest absolute Gasteiger partial charge is 0.417 e. The molecule has 3 aliphatic heterocycles. The molecule has 1 aromatic heterocycles. The van der Waals surface area contributed by atoms with Gasteiger partial charge in [0, 0.05) is 79.0 Å². The van der Waals surface area contributed by atoms with E-state index in [4.69, 9.17) is 16.3 Å². The lowest BCUT2D eigenvalue weighted by Crippen LogP contribution is -2.49. The van der Waals surface area contributed by atoms with Crippen LogP contribution in [0.2, 0.25) is 5.02 Å². The van der Waals surface area contributed by atoms with E-state index in [1.54, 1.807) is 9.80 Å². The maximum Gasteiger partial charge on any atom is 0.417 e. The van der Waals surface area contributed by atoms with Gasteiger partial charge in [0.2, 0.25) is 5.91 Å². The van der Waals surface area contributed by atoms with Gasteiger partial charge in [0.1, 0.15) is 17.5 Å². The third-order valence-electron chi connectivity index (χ3n) is 8.15. The Morgan fingerprint density at radius 1 is 1.09 bits per heavy atom. The fourth-order valence-electron chi connectivity index (χ4n) is 6.02. The van der Waals surface area contributed by atoms with Gasteiger partial charge in [0.25, 0.3) is 0 Å². The van der Waals surface area contributed by atoms with E-state index < -0.39 is 51.3 Å². The lowest BCUT2D eigenvalue weighted by molar-refractivity contribution is -0.137. The van der Waals surface area contributed by atoms with Gasteiger partial charge in [-0.1, -0.05) is 18.2 Å².